The number of amides is 2. The normalized spacial score (nSPS) is 11.6. The Bertz CT molecular complexity index is 1300. The van der Waals surface area contributed by atoms with Crippen molar-refractivity contribution in [2.75, 3.05) is 7.11 Å². The highest BCUT2D eigenvalue weighted by molar-refractivity contribution is 9.10. The number of carbonyl (C=O) groups excluding carboxylic acids is 2. The Labute approximate surface area is 224 Å². The molecule has 37 heavy (non-hydrogen) atoms. The molecule has 1 atom stereocenters. The minimum absolute atomic E-state index is 0.148. The van der Waals surface area contributed by atoms with Crippen molar-refractivity contribution in [3.8, 4) is 17.6 Å². The third kappa shape index (κ3) is 7.66. The van der Waals surface area contributed by atoms with Crippen LogP contribution in [-0.2, 0) is 11.4 Å². The van der Waals surface area contributed by atoms with Crippen molar-refractivity contribution in [2.45, 2.75) is 26.5 Å². The predicted molar refractivity (Wildman–Crippen MR) is 144 cm³/mol. The van der Waals surface area contributed by atoms with E-state index < -0.39 is 11.9 Å². The van der Waals surface area contributed by atoms with Crippen molar-refractivity contribution in [1.29, 1.82) is 5.26 Å². The average molecular weight is 563 g/mol. The fourth-order valence-corrected chi connectivity index (χ4v) is 3.95. The van der Waals surface area contributed by atoms with Gasteiger partial charge in [-0.25, -0.2) is 5.43 Å². The number of hydrogen-bond acceptors (Lipinski definition) is 6. The van der Waals surface area contributed by atoms with E-state index in [1.165, 1.54) is 13.3 Å². The zero-order valence-electron chi connectivity index (χ0n) is 20.7. The Balaban J connectivity index is 1.65. The maximum Gasteiger partial charge on any atom is 0.262 e. The summed E-state index contributed by atoms with van der Waals surface area (Å²) in [7, 11) is 1.53. The van der Waals surface area contributed by atoms with E-state index in [9.17, 15) is 9.59 Å². The maximum atomic E-state index is 12.7. The van der Waals surface area contributed by atoms with Gasteiger partial charge in [-0.2, -0.15) is 10.4 Å². The number of nitrogens with one attached hydrogen (secondary N) is 2. The molecule has 3 aromatic rings. The Kier molecular flexibility index (Phi) is 9.81. The minimum Gasteiger partial charge on any atom is -0.493 e. The largest absolute Gasteiger partial charge is 0.493 e. The number of hydrazone groups is 1. The summed E-state index contributed by atoms with van der Waals surface area (Å²) in [6.07, 6.45) is 1.48. The summed E-state index contributed by atoms with van der Waals surface area (Å²) < 4.78 is 12.1. The van der Waals surface area contributed by atoms with Gasteiger partial charge in [-0.15, -0.1) is 0 Å². The Morgan fingerprint density at radius 2 is 1.81 bits per heavy atom. The zero-order chi connectivity index (χ0) is 26.8. The van der Waals surface area contributed by atoms with Gasteiger partial charge in [-0.1, -0.05) is 44.2 Å². The van der Waals surface area contributed by atoms with E-state index in [1.807, 2.05) is 32.0 Å². The molecule has 3 rings (SSSR count). The molecule has 0 bridgehead atoms. The summed E-state index contributed by atoms with van der Waals surface area (Å²) in [6.45, 7) is 3.98. The standard InChI is InChI=1S/C28H27BrN4O4/c1-18(2)25(32-27(34)22-7-5-4-6-8-22)28(35)33-31-16-21-13-23(29)26(24(14-21)36-3)37-17-20-11-9-19(15-30)10-12-20/h4-14,16,18,25H,17H2,1-3H3,(H,32,34)(H,33,35)/b31-16+. The predicted octanol–water partition coefficient (Wildman–Crippen LogP) is 4.81. The molecule has 0 aliphatic rings. The second kappa shape index (κ2) is 13.2. The number of benzene rings is 3. The molecule has 0 aromatic heterocycles. The highest BCUT2D eigenvalue weighted by atomic mass is 79.9. The SMILES string of the molecule is COc1cc(/C=N/NC(=O)C(NC(=O)c2ccccc2)C(C)C)cc(Br)c1OCc1ccc(C#N)cc1. The van der Waals surface area contributed by atoms with Gasteiger partial charge in [0.05, 0.1) is 29.4 Å². The van der Waals surface area contributed by atoms with Gasteiger partial charge in [0, 0.05) is 5.56 Å². The number of nitriles is 1. The van der Waals surface area contributed by atoms with Crippen LogP contribution in [0.1, 0.15) is 40.9 Å². The van der Waals surface area contributed by atoms with Crippen LogP contribution in [0.2, 0.25) is 0 Å². The molecule has 0 fully saturated rings. The Hall–Kier alpha value is -4.16. The van der Waals surface area contributed by atoms with Crippen LogP contribution >= 0.6 is 15.9 Å². The van der Waals surface area contributed by atoms with E-state index in [-0.39, 0.29) is 18.4 Å². The van der Waals surface area contributed by atoms with Crippen molar-refractivity contribution in [1.82, 2.24) is 10.7 Å². The van der Waals surface area contributed by atoms with Crippen LogP contribution < -0.4 is 20.2 Å². The summed E-state index contributed by atoms with van der Waals surface area (Å²) in [4.78, 5) is 25.2. The van der Waals surface area contributed by atoms with Gasteiger partial charge in [-0.05, 0) is 69.4 Å². The van der Waals surface area contributed by atoms with E-state index in [2.05, 4.69) is 37.8 Å². The second-order valence-electron chi connectivity index (χ2n) is 8.43. The molecule has 2 N–H and O–H groups in total. The summed E-state index contributed by atoms with van der Waals surface area (Å²) in [5.41, 5.74) is 5.12. The van der Waals surface area contributed by atoms with Crippen LogP contribution in [-0.4, -0.2) is 31.2 Å². The van der Waals surface area contributed by atoms with Crippen molar-refractivity contribution in [3.05, 3.63) is 93.5 Å². The van der Waals surface area contributed by atoms with Crippen LogP contribution in [0.15, 0.2) is 76.3 Å². The zero-order valence-corrected chi connectivity index (χ0v) is 22.3. The van der Waals surface area contributed by atoms with Gasteiger partial charge in [0.1, 0.15) is 12.6 Å². The van der Waals surface area contributed by atoms with Gasteiger partial charge < -0.3 is 14.8 Å². The number of rotatable bonds is 10. The van der Waals surface area contributed by atoms with Crippen molar-refractivity contribution >= 4 is 34.0 Å². The third-order valence-electron chi connectivity index (χ3n) is 5.38. The number of nitrogens with zero attached hydrogens (tertiary/aromatic N) is 2. The molecule has 2 amide bonds. The molecular weight excluding hydrogens is 536 g/mol. The Morgan fingerprint density at radius 1 is 1.11 bits per heavy atom. The molecule has 3 aromatic carbocycles. The molecule has 0 radical (unpaired) electrons. The van der Waals surface area contributed by atoms with Crippen molar-refractivity contribution in [2.24, 2.45) is 11.0 Å². The molecule has 190 valence electrons. The van der Waals surface area contributed by atoms with E-state index in [0.717, 1.165) is 5.56 Å². The van der Waals surface area contributed by atoms with Crippen molar-refractivity contribution < 1.29 is 19.1 Å². The fraction of sp³-hybridized carbons (Fsp3) is 0.214. The molecule has 1 unspecified atom stereocenters. The lowest BCUT2D eigenvalue weighted by Gasteiger charge is -2.20. The molecule has 0 spiro atoms. The lowest BCUT2D eigenvalue weighted by molar-refractivity contribution is -0.123. The molecule has 0 saturated carbocycles. The van der Waals surface area contributed by atoms with E-state index >= 15 is 0 Å². The molecule has 9 heteroatoms. The first-order valence-electron chi connectivity index (χ1n) is 11.5. The summed E-state index contributed by atoms with van der Waals surface area (Å²) in [5, 5.41) is 15.8. The maximum absolute atomic E-state index is 12.7. The molecular formula is C28H27BrN4O4. The topological polar surface area (TPSA) is 113 Å². The first-order chi connectivity index (χ1) is 17.8. The quantitative estimate of drug-likeness (QED) is 0.272. The molecule has 0 aliphatic carbocycles. The number of halogens is 1. The van der Waals surface area contributed by atoms with Gasteiger partial charge in [0.25, 0.3) is 11.8 Å². The first-order valence-corrected chi connectivity index (χ1v) is 12.3. The van der Waals surface area contributed by atoms with E-state index in [1.54, 1.807) is 48.5 Å². The highest BCUT2D eigenvalue weighted by Crippen LogP contribution is 2.36. The van der Waals surface area contributed by atoms with Crippen LogP contribution in [0.5, 0.6) is 11.5 Å². The van der Waals surface area contributed by atoms with Gasteiger partial charge in [-0.3, -0.25) is 9.59 Å². The van der Waals surface area contributed by atoms with Crippen LogP contribution in [0.25, 0.3) is 0 Å². The van der Waals surface area contributed by atoms with Crippen LogP contribution in [0, 0.1) is 17.2 Å². The minimum atomic E-state index is -0.760. The average Bonchev–Trinajstić information content (AvgIpc) is 2.91. The molecule has 0 aliphatic heterocycles. The van der Waals surface area contributed by atoms with Crippen molar-refractivity contribution in [3.63, 3.8) is 0 Å². The van der Waals surface area contributed by atoms with Gasteiger partial charge >= 0.3 is 0 Å². The molecule has 8 nitrogen and oxygen atoms in total. The van der Waals surface area contributed by atoms with Crippen LogP contribution in [0.4, 0.5) is 0 Å². The summed E-state index contributed by atoms with van der Waals surface area (Å²) in [5.74, 6) is 0.0831. The summed E-state index contributed by atoms with van der Waals surface area (Å²) >= 11 is 3.50. The van der Waals surface area contributed by atoms with Gasteiger partial charge in [0.15, 0.2) is 11.5 Å². The smallest absolute Gasteiger partial charge is 0.262 e. The molecule has 0 saturated heterocycles. The van der Waals surface area contributed by atoms with E-state index in [0.29, 0.717) is 32.7 Å². The highest BCUT2D eigenvalue weighted by Gasteiger charge is 2.24. The second-order valence-corrected chi connectivity index (χ2v) is 9.28. The van der Waals surface area contributed by atoms with E-state index in [4.69, 9.17) is 14.7 Å². The summed E-state index contributed by atoms with van der Waals surface area (Å²) in [6, 6.07) is 20.7. The Morgan fingerprint density at radius 3 is 2.43 bits per heavy atom. The lowest BCUT2D eigenvalue weighted by Crippen LogP contribution is -2.48. The van der Waals surface area contributed by atoms with Crippen LogP contribution in [0.3, 0.4) is 0 Å². The lowest BCUT2D eigenvalue weighted by atomic mass is 10.0. The monoisotopic (exact) mass is 562 g/mol. The number of carbonyl (C=O) groups is 2. The number of ether oxygens (including phenoxy) is 2. The van der Waals surface area contributed by atoms with Gasteiger partial charge in [0.2, 0.25) is 0 Å². The fourth-order valence-electron chi connectivity index (χ4n) is 3.37. The molecule has 0 heterocycles. The number of methoxy groups -OCH3 is 1. The third-order valence-corrected chi connectivity index (χ3v) is 5.97. The number of hydrogen-bond donors (Lipinski definition) is 2. The first kappa shape index (κ1) is 27.4.